The van der Waals surface area contributed by atoms with Gasteiger partial charge >= 0.3 is 5.97 Å². The van der Waals surface area contributed by atoms with Gasteiger partial charge in [0.2, 0.25) is 0 Å². The van der Waals surface area contributed by atoms with E-state index in [1.54, 1.807) is 0 Å². The number of esters is 1. The second-order valence-electron chi connectivity index (χ2n) is 4.30. The van der Waals surface area contributed by atoms with Gasteiger partial charge in [-0.05, 0) is 43.6 Å². The molecule has 0 radical (unpaired) electrons. The zero-order valence-electron chi connectivity index (χ0n) is 10.1. The second-order valence-corrected chi connectivity index (χ2v) is 23.2. The van der Waals surface area contributed by atoms with E-state index in [0.717, 1.165) is 0 Å². The van der Waals surface area contributed by atoms with Gasteiger partial charge in [-0.25, -0.2) is 0 Å². The molecule has 0 amide bonds. The lowest BCUT2D eigenvalue weighted by atomic mass is 9.98. The molecule has 0 aromatic heterocycles. The molecule has 0 fully saturated rings. The summed E-state index contributed by atoms with van der Waals surface area (Å²) in [4.78, 5) is 11.8. The van der Waals surface area contributed by atoms with Crippen LogP contribution < -0.4 is 0 Å². The molecule has 9 unspecified atom stereocenters. The predicted octanol–water partition coefficient (Wildman–Crippen LogP) is 5.37. The number of hydrogen-bond donors (Lipinski definition) is 0. The molecule has 0 aliphatic rings. The average molecular weight is 404 g/mol. The van der Waals surface area contributed by atoms with E-state index in [1.807, 2.05) is 20.8 Å². The van der Waals surface area contributed by atoms with Crippen LogP contribution in [0.5, 0.6) is 0 Å². The van der Waals surface area contributed by atoms with E-state index in [9.17, 15) is 4.79 Å². The summed E-state index contributed by atoms with van der Waals surface area (Å²) in [6.45, 7) is 5.69. The normalized spacial score (nSPS) is 19.1. The van der Waals surface area contributed by atoms with Crippen LogP contribution in [0.2, 0.25) is 0 Å². The predicted molar refractivity (Wildman–Crippen MR) is 107 cm³/mol. The Hall–Kier alpha value is 3.34. The van der Waals surface area contributed by atoms with Crippen LogP contribution in [0.4, 0.5) is 0 Å². The molecule has 11 heteroatoms. The van der Waals surface area contributed by atoms with E-state index in [-0.39, 0.29) is 10.8 Å². The summed E-state index contributed by atoms with van der Waals surface area (Å²) in [5, 5.41) is 0. The molecule has 0 saturated carbocycles. The van der Waals surface area contributed by atoms with Crippen molar-refractivity contribution in [2.45, 2.75) is 25.6 Å². The summed E-state index contributed by atoms with van der Waals surface area (Å²) < 4.78 is 5.91. The van der Waals surface area contributed by atoms with Gasteiger partial charge < -0.3 is 4.74 Å². The monoisotopic (exact) mass is 404 g/mol. The summed E-state index contributed by atoms with van der Waals surface area (Å²) in [5.41, 5.74) is -0.443. The smallest absolute Gasteiger partial charge is 0.312 e. The number of carbonyl (C=O) groups is 1. The molecule has 102 valence electrons. The molecule has 0 heterocycles. The lowest BCUT2D eigenvalue weighted by Crippen LogP contribution is -2.30. The Kier molecular flexibility index (Phi) is 10.4. The fraction of sp³-hybridized carbons (Fsp3) is 0.833. The van der Waals surface area contributed by atoms with Gasteiger partial charge in [0.1, 0.15) is 0 Å². The van der Waals surface area contributed by atoms with Gasteiger partial charge in [0.15, 0.2) is 4.82 Å². The number of rotatable bonds is 5. The van der Waals surface area contributed by atoms with Crippen molar-refractivity contribution in [2.75, 3.05) is 0 Å². The van der Waals surface area contributed by atoms with E-state index < -0.39 is 20.0 Å². The highest BCUT2D eigenvalue weighted by molar-refractivity contribution is 8.67. The molecule has 0 aromatic rings. The molecule has 0 aromatic carbocycles. The summed E-state index contributed by atoms with van der Waals surface area (Å²) >= 11 is 0. The SMILES string of the molecule is CC(C)(C)C(=O)OC(PP)(P(P)P)P(P)PP. The van der Waals surface area contributed by atoms with Gasteiger partial charge in [0, 0.05) is 0 Å². The van der Waals surface area contributed by atoms with Crippen molar-refractivity contribution >= 4 is 81.4 Å². The zero-order valence-corrected chi connectivity index (χ0v) is 19.7. The van der Waals surface area contributed by atoms with E-state index in [2.05, 4.69) is 44.6 Å². The van der Waals surface area contributed by atoms with Gasteiger partial charge in [-0.1, -0.05) is 7.96 Å². The highest BCUT2D eigenvalue weighted by Gasteiger charge is 2.44. The van der Waals surface area contributed by atoms with Crippen molar-refractivity contribution in [1.82, 2.24) is 0 Å². The third-order valence-electron chi connectivity index (χ3n) is 1.85. The summed E-state index contributed by atoms with van der Waals surface area (Å²) in [6, 6.07) is 0. The van der Waals surface area contributed by atoms with Gasteiger partial charge in [0.05, 0.1) is 5.41 Å². The first kappa shape index (κ1) is 20.3. The fourth-order valence-corrected chi connectivity index (χ4v) is 29.1. The number of ether oxygens (including phenoxy) is 1. The van der Waals surface area contributed by atoms with Crippen LogP contribution in [0, 0.1) is 5.41 Å². The van der Waals surface area contributed by atoms with Crippen molar-refractivity contribution in [3.63, 3.8) is 0 Å². The lowest BCUT2D eigenvalue weighted by molar-refractivity contribution is -0.153. The van der Waals surface area contributed by atoms with Crippen molar-refractivity contribution in [1.29, 1.82) is 0 Å². The third-order valence-corrected chi connectivity index (χ3v) is 27.5. The molecule has 0 spiro atoms. The minimum Gasteiger partial charge on any atom is -0.444 e. The van der Waals surface area contributed by atoms with Crippen LogP contribution in [0.25, 0.3) is 0 Å². The first-order chi connectivity index (χ1) is 7.61. The van der Waals surface area contributed by atoms with Gasteiger partial charge in [-0.15, -0.1) is 44.6 Å². The van der Waals surface area contributed by atoms with Gasteiger partial charge in [0.25, 0.3) is 0 Å². The first-order valence-corrected chi connectivity index (χ1v) is 18.6. The van der Waals surface area contributed by atoms with Gasteiger partial charge in [-0.2, -0.15) is 0 Å². The Morgan fingerprint density at radius 2 is 1.65 bits per heavy atom. The molecule has 17 heavy (non-hydrogen) atoms. The molecular formula is C6H21O2P9. The highest BCUT2D eigenvalue weighted by atomic mass is 32.6. The van der Waals surface area contributed by atoms with E-state index in [1.165, 1.54) is 0 Å². The molecule has 0 saturated heterocycles. The van der Waals surface area contributed by atoms with E-state index >= 15 is 0 Å². The summed E-state index contributed by atoms with van der Waals surface area (Å²) in [5.74, 6) is -0.108. The van der Waals surface area contributed by atoms with Crippen LogP contribution in [0.1, 0.15) is 20.8 Å². The quantitative estimate of drug-likeness (QED) is 0.455. The average Bonchev–Trinajstić information content (AvgIpc) is 2.22. The minimum absolute atomic E-state index is 0.108. The van der Waals surface area contributed by atoms with E-state index in [0.29, 0.717) is 16.2 Å². The standard InChI is InChI=1S/C6H21O2P9/c1-5(2,3)4(7)8-6(14-9,16(11)12)17(13)15-10/h14-15H,9-13H2,1-3H3. The van der Waals surface area contributed by atoms with Gasteiger partial charge in [-0.3, -0.25) is 4.79 Å². The summed E-state index contributed by atoms with van der Waals surface area (Å²) in [6.07, 6.45) is 0. The fourth-order valence-electron chi connectivity index (χ4n) is 0.770. The molecule has 0 N–H and O–H groups in total. The highest BCUT2D eigenvalue weighted by Crippen LogP contribution is 2.90. The van der Waals surface area contributed by atoms with Crippen LogP contribution in [0.3, 0.4) is 0 Å². The molecule has 9 atom stereocenters. The van der Waals surface area contributed by atoms with Crippen molar-refractivity contribution in [3.05, 3.63) is 0 Å². The maximum absolute atomic E-state index is 12.1. The third kappa shape index (κ3) is 5.92. The number of carbonyl (C=O) groups excluding carboxylic acids is 1. The number of hydrogen-bond acceptors (Lipinski definition) is 2. The van der Waals surface area contributed by atoms with Crippen molar-refractivity contribution < 1.29 is 9.53 Å². The zero-order chi connectivity index (χ0) is 13.9. The molecular weight excluding hydrogens is 383 g/mol. The van der Waals surface area contributed by atoms with Crippen LogP contribution >= 0.6 is 75.5 Å². The maximum Gasteiger partial charge on any atom is 0.312 e. The Morgan fingerprint density at radius 1 is 1.18 bits per heavy atom. The maximum atomic E-state index is 12.1. The largest absolute Gasteiger partial charge is 0.444 e. The van der Waals surface area contributed by atoms with Crippen LogP contribution in [-0.4, -0.2) is 10.8 Å². The Balaban J connectivity index is 5.14. The second kappa shape index (κ2) is 8.70. The molecule has 0 aliphatic carbocycles. The van der Waals surface area contributed by atoms with Crippen LogP contribution in [0.15, 0.2) is 0 Å². The summed E-state index contributed by atoms with van der Waals surface area (Å²) in [7, 11) is 14.4. The van der Waals surface area contributed by atoms with E-state index in [4.69, 9.17) is 4.74 Å². The topological polar surface area (TPSA) is 26.3 Å². The Labute approximate surface area is 122 Å². The molecule has 0 aliphatic heterocycles. The Bertz CT molecular complexity index is 265. The van der Waals surface area contributed by atoms with Crippen molar-refractivity contribution in [3.8, 4) is 0 Å². The first-order valence-electron chi connectivity index (χ1n) is 4.64. The molecule has 2 nitrogen and oxygen atoms in total. The molecule has 0 rings (SSSR count). The lowest BCUT2D eigenvalue weighted by Gasteiger charge is -2.41. The minimum atomic E-state index is -0.490. The Morgan fingerprint density at radius 3 is 1.88 bits per heavy atom. The van der Waals surface area contributed by atoms with Crippen molar-refractivity contribution in [2.24, 2.45) is 5.41 Å². The van der Waals surface area contributed by atoms with Crippen LogP contribution in [-0.2, 0) is 9.53 Å². The molecule has 0 bridgehead atoms.